The van der Waals surface area contributed by atoms with Gasteiger partial charge in [-0.1, -0.05) is 0 Å². The minimum atomic E-state index is -0.239. The standard InChI is InChI=1S/C10H17NO2S/c1-10(4-5-13-9(12)11-10)8-2-6-14-7-3-8/h8H,2-7H2,1H3,(H,11,12). The molecule has 2 aliphatic rings. The predicted octanol–water partition coefficient (Wildman–Crippen LogP) is 2.02. The van der Waals surface area contributed by atoms with Crippen molar-refractivity contribution in [3.63, 3.8) is 0 Å². The highest BCUT2D eigenvalue weighted by Gasteiger charge is 2.39. The normalized spacial score (nSPS) is 34.8. The zero-order valence-corrected chi connectivity index (χ0v) is 9.36. The lowest BCUT2D eigenvalue weighted by atomic mass is 9.79. The molecule has 0 radical (unpaired) electrons. The molecule has 0 aromatic carbocycles. The second kappa shape index (κ2) is 4.01. The predicted molar refractivity (Wildman–Crippen MR) is 57.6 cm³/mol. The molecular formula is C10H17NO2S. The van der Waals surface area contributed by atoms with Gasteiger partial charge in [0.05, 0.1) is 6.61 Å². The summed E-state index contributed by atoms with van der Waals surface area (Å²) >= 11 is 2.02. The minimum absolute atomic E-state index is 0.0175. The molecule has 2 fully saturated rings. The molecule has 0 aromatic rings. The van der Waals surface area contributed by atoms with Gasteiger partial charge in [-0.15, -0.1) is 0 Å². The first-order chi connectivity index (χ1) is 6.71. The maximum absolute atomic E-state index is 11.2. The van der Waals surface area contributed by atoms with Crippen molar-refractivity contribution in [1.82, 2.24) is 5.32 Å². The monoisotopic (exact) mass is 215 g/mol. The third kappa shape index (κ3) is 2.00. The van der Waals surface area contributed by atoms with Crippen LogP contribution in [0.3, 0.4) is 0 Å². The maximum atomic E-state index is 11.2. The van der Waals surface area contributed by atoms with E-state index in [9.17, 15) is 4.79 Å². The van der Waals surface area contributed by atoms with Crippen LogP contribution in [0.25, 0.3) is 0 Å². The Bertz CT molecular complexity index is 228. The number of alkyl carbamates (subject to hydrolysis) is 1. The highest BCUT2D eigenvalue weighted by molar-refractivity contribution is 7.99. The lowest BCUT2D eigenvalue weighted by Gasteiger charge is -2.42. The Morgan fingerprint density at radius 2 is 2.21 bits per heavy atom. The van der Waals surface area contributed by atoms with E-state index < -0.39 is 0 Å². The fourth-order valence-corrected chi connectivity index (χ4v) is 3.43. The van der Waals surface area contributed by atoms with E-state index in [4.69, 9.17) is 4.74 Å². The van der Waals surface area contributed by atoms with E-state index in [0.717, 1.165) is 6.42 Å². The summed E-state index contributed by atoms with van der Waals surface area (Å²) in [6, 6.07) is 0. The zero-order chi connectivity index (χ0) is 10.0. The van der Waals surface area contributed by atoms with Crippen LogP contribution in [0, 0.1) is 5.92 Å². The summed E-state index contributed by atoms with van der Waals surface area (Å²) in [6.45, 7) is 2.74. The van der Waals surface area contributed by atoms with Gasteiger partial charge in [-0.2, -0.15) is 11.8 Å². The SMILES string of the molecule is CC1(C2CCSCC2)CCOC(=O)N1. The molecule has 0 spiro atoms. The zero-order valence-electron chi connectivity index (χ0n) is 8.54. The van der Waals surface area contributed by atoms with Gasteiger partial charge in [0, 0.05) is 12.0 Å². The highest BCUT2D eigenvalue weighted by Crippen LogP contribution is 2.34. The van der Waals surface area contributed by atoms with Gasteiger partial charge in [0.25, 0.3) is 0 Å². The van der Waals surface area contributed by atoms with Crippen molar-refractivity contribution in [3.05, 3.63) is 0 Å². The highest BCUT2D eigenvalue weighted by atomic mass is 32.2. The van der Waals surface area contributed by atoms with Crippen LogP contribution in [0.1, 0.15) is 26.2 Å². The maximum Gasteiger partial charge on any atom is 0.407 e. The van der Waals surface area contributed by atoms with Crippen LogP contribution in [0.2, 0.25) is 0 Å². The molecule has 3 nitrogen and oxygen atoms in total. The summed E-state index contributed by atoms with van der Waals surface area (Å²) in [6.07, 6.45) is 3.16. The fraction of sp³-hybridized carbons (Fsp3) is 0.900. The van der Waals surface area contributed by atoms with Crippen LogP contribution in [-0.2, 0) is 4.74 Å². The summed E-state index contributed by atoms with van der Waals surface area (Å²) in [5, 5.41) is 2.99. The Kier molecular flexibility index (Phi) is 2.91. The van der Waals surface area contributed by atoms with Crippen LogP contribution in [-0.4, -0.2) is 29.7 Å². The van der Waals surface area contributed by atoms with Crippen molar-refractivity contribution in [3.8, 4) is 0 Å². The molecule has 0 aliphatic carbocycles. The molecular weight excluding hydrogens is 198 g/mol. The van der Waals surface area contributed by atoms with E-state index >= 15 is 0 Å². The number of nitrogens with one attached hydrogen (secondary N) is 1. The second-order valence-electron chi connectivity index (χ2n) is 4.32. The number of hydrogen-bond donors (Lipinski definition) is 1. The van der Waals surface area contributed by atoms with Crippen LogP contribution < -0.4 is 5.32 Å². The van der Waals surface area contributed by atoms with Crippen LogP contribution in [0.15, 0.2) is 0 Å². The first kappa shape index (κ1) is 10.1. The topological polar surface area (TPSA) is 38.3 Å². The van der Waals surface area contributed by atoms with Crippen molar-refractivity contribution in [2.75, 3.05) is 18.1 Å². The fourth-order valence-electron chi connectivity index (χ4n) is 2.33. The number of ether oxygens (including phenoxy) is 1. The molecule has 4 heteroatoms. The molecule has 80 valence electrons. The van der Waals surface area contributed by atoms with Gasteiger partial charge in [-0.25, -0.2) is 4.79 Å². The van der Waals surface area contributed by atoms with E-state index in [1.165, 1.54) is 24.3 Å². The van der Waals surface area contributed by atoms with Gasteiger partial charge in [0.15, 0.2) is 0 Å². The number of amides is 1. The summed E-state index contributed by atoms with van der Waals surface area (Å²) < 4.78 is 4.91. The van der Waals surface area contributed by atoms with E-state index in [1.54, 1.807) is 0 Å². The first-order valence-corrected chi connectivity index (χ1v) is 6.39. The van der Waals surface area contributed by atoms with Crippen LogP contribution in [0.5, 0.6) is 0 Å². The molecule has 2 aliphatic heterocycles. The van der Waals surface area contributed by atoms with E-state index in [1.807, 2.05) is 11.8 Å². The Hall–Kier alpha value is -0.380. The molecule has 0 saturated carbocycles. The average Bonchev–Trinajstić information content (AvgIpc) is 2.19. The van der Waals surface area contributed by atoms with E-state index in [-0.39, 0.29) is 11.6 Å². The van der Waals surface area contributed by atoms with Crippen molar-refractivity contribution in [2.24, 2.45) is 5.92 Å². The Morgan fingerprint density at radius 1 is 1.50 bits per heavy atom. The van der Waals surface area contributed by atoms with Crippen LogP contribution in [0.4, 0.5) is 4.79 Å². The average molecular weight is 215 g/mol. The molecule has 1 unspecified atom stereocenters. The molecule has 2 heterocycles. The smallest absolute Gasteiger partial charge is 0.407 e. The number of hydrogen-bond acceptors (Lipinski definition) is 3. The summed E-state index contributed by atoms with van der Waals surface area (Å²) in [5.74, 6) is 3.10. The first-order valence-electron chi connectivity index (χ1n) is 5.23. The van der Waals surface area contributed by atoms with Crippen molar-refractivity contribution < 1.29 is 9.53 Å². The molecule has 14 heavy (non-hydrogen) atoms. The summed E-state index contributed by atoms with van der Waals surface area (Å²) in [4.78, 5) is 11.2. The number of carbonyl (C=O) groups excluding carboxylic acids is 1. The van der Waals surface area contributed by atoms with Gasteiger partial charge in [0.1, 0.15) is 0 Å². The Labute approximate surface area is 89.0 Å². The molecule has 0 aromatic heterocycles. The lowest BCUT2D eigenvalue weighted by Crippen LogP contribution is -2.56. The molecule has 1 atom stereocenters. The third-order valence-electron chi connectivity index (χ3n) is 3.36. The molecule has 2 rings (SSSR count). The molecule has 1 N–H and O–H groups in total. The number of carbonyl (C=O) groups is 1. The van der Waals surface area contributed by atoms with Gasteiger partial charge < -0.3 is 10.1 Å². The van der Waals surface area contributed by atoms with E-state index in [2.05, 4.69) is 12.2 Å². The second-order valence-corrected chi connectivity index (χ2v) is 5.54. The molecule has 2 saturated heterocycles. The number of cyclic esters (lactones) is 1. The Balaban J connectivity index is 2.01. The molecule has 0 bridgehead atoms. The summed E-state index contributed by atoms with van der Waals surface area (Å²) in [5.41, 5.74) is -0.0175. The van der Waals surface area contributed by atoms with Crippen molar-refractivity contribution in [2.45, 2.75) is 31.7 Å². The number of rotatable bonds is 1. The van der Waals surface area contributed by atoms with E-state index in [0.29, 0.717) is 12.5 Å². The van der Waals surface area contributed by atoms with Gasteiger partial charge in [-0.05, 0) is 37.2 Å². The molecule has 1 amide bonds. The van der Waals surface area contributed by atoms with Crippen molar-refractivity contribution in [1.29, 1.82) is 0 Å². The summed E-state index contributed by atoms with van der Waals surface area (Å²) in [7, 11) is 0. The van der Waals surface area contributed by atoms with Gasteiger partial charge in [0.2, 0.25) is 0 Å². The lowest BCUT2D eigenvalue weighted by molar-refractivity contribution is 0.0673. The van der Waals surface area contributed by atoms with Crippen LogP contribution >= 0.6 is 11.8 Å². The largest absolute Gasteiger partial charge is 0.449 e. The number of thioether (sulfide) groups is 1. The van der Waals surface area contributed by atoms with Gasteiger partial charge >= 0.3 is 6.09 Å². The minimum Gasteiger partial charge on any atom is -0.449 e. The third-order valence-corrected chi connectivity index (χ3v) is 4.41. The quantitative estimate of drug-likeness (QED) is 0.727. The van der Waals surface area contributed by atoms with Gasteiger partial charge in [-0.3, -0.25) is 0 Å². The van der Waals surface area contributed by atoms with Crippen molar-refractivity contribution >= 4 is 17.9 Å². The Morgan fingerprint density at radius 3 is 2.86 bits per heavy atom.